The van der Waals surface area contributed by atoms with Crippen molar-refractivity contribution in [2.24, 2.45) is 0 Å². The predicted molar refractivity (Wildman–Crippen MR) is 128 cm³/mol. The van der Waals surface area contributed by atoms with Crippen LogP contribution in [0.1, 0.15) is 21.5 Å². The molecule has 1 amide bonds. The molecule has 3 aromatic rings. The smallest absolute Gasteiger partial charge is 0.338 e. The largest absolute Gasteiger partial charge is 0.495 e. The van der Waals surface area contributed by atoms with Gasteiger partial charge in [0.2, 0.25) is 10.0 Å². The molecule has 0 saturated heterocycles. The fraction of sp³-hybridized carbons (Fsp3) is 0.200. The summed E-state index contributed by atoms with van der Waals surface area (Å²) in [5.41, 5.74) is 2.41. The van der Waals surface area contributed by atoms with E-state index in [0.29, 0.717) is 5.69 Å². The minimum Gasteiger partial charge on any atom is -0.495 e. The Morgan fingerprint density at radius 2 is 1.65 bits per heavy atom. The molecule has 0 saturated carbocycles. The van der Waals surface area contributed by atoms with Crippen LogP contribution < -0.4 is 10.1 Å². The van der Waals surface area contributed by atoms with E-state index >= 15 is 0 Å². The first-order chi connectivity index (χ1) is 16.2. The van der Waals surface area contributed by atoms with Gasteiger partial charge in [0.15, 0.2) is 6.61 Å². The molecule has 0 atom stereocenters. The van der Waals surface area contributed by atoms with Crippen LogP contribution in [-0.4, -0.2) is 45.4 Å². The molecule has 0 unspecified atom stereocenters. The van der Waals surface area contributed by atoms with E-state index in [9.17, 15) is 18.0 Å². The van der Waals surface area contributed by atoms with Gasteiger partial charge < -0.3 is 14.8 Å². The Balaban J connectivity index is 1.72. The lowest BCUT2D eigenvalue weighted by molar-refractivity contribution is -0.119. The normalized spacial score (nSPS) is 11.2. The van der Waals surface area contributed by atoms with Crippen molar-refractivity contribution >= 4 is 27.6 Å². The third-order valence-electron chi connectivity index (χ3n) is 5.01. The van der Waals surface area contributed by atoms with Gasteiger partial charge in [-0.15, -0.1) is 0 Å². The Bertz CT molecular complexity index is 1260. The third kappa shape index (κ3) is 6.21. The number of nitrogens with zero attached hydrogens (tertiary/aromatic N) is 1. The van der Waals surface area contributed by atoms with Crippen molar-refractivity contribution in [2.75, 3.05) is 26.1 Å². The average Bonchev–Trinajstić information content (AvgIpc) is 2.84. The maximum atomic E-state index is 13.2. The van der Waals surface area contributed by atoms with Gasteiger partial charge in [0, 0.05) is 19.3 Å². The second-order valence-corrected chi connectivity index (χ2v) is 9.62. The second-order valence-electron chi connectivity index (χ2n) is 7.60. The van der Waals surface area contributed by atoms with Crippen LogP contribution in [0.2, 0.25) is 0 Å². The average molecular weight is 483 g/mol. The van der Waals surface area contributed by atoms with Crippen molar-refractivity contribution < 1.29 is 27.5 Å². The van der Waals surface area contributed by atoms with E-state index < -0.39 is 28.5 Å². The third-order valence-corrected chi connectivity index (χ3v) is 6.83. The SMILES string of the molecule is COc1ccc(C(=O)OCC(=O)Nc2ccc(C)cc2)cc1S(=O)(=O)N(C)Cc1ccccc1. The lowest BCUT2D eigenvalue weighted by atomic mass is 10.2. The number of hydrogen-bond donors (Lipinski definition) is 1. The monoisotopic (exact) mass is 482 g/mol. The van der Waals surface area contributed by atoms with Gasteiger partial charge in [-0.2, -0.15) is 4.31 Å². The zero-order valence-electron chi connectivity index (χ0n) is 19.1. The first-order valence-corrected chi connectivity index (χ1v) is 11.9. The number of ether oxygens (including phenoxy) is 2. The van der Waals surface area contributed by atoms with Gasteiger partial charge >= 0.3 is 5.97 Å². The Labute approximate surface area is 199 Å². The summed E-state index contributed by atoms with van der Waals surface area (Å²) in [6.45, 7) is 1.55. The number of sulfonamides is 1. The molecule has 3 aromatic carbocycles. The lowest BCUT2D eigenvalue weighted by Crippen LogP contribution is -2.27. The summed E-state index contributed by atoms with van der Waals surface area (Å²) in [5.74, 6) is -1.25. The fourth-order valence-electron chi connectivity index (χ4n) is 3.15. The van der Waals surface area contributed by atoms with Crippen molar-refractivity contribution in [3.63, 3.8) is 0 Å². The summed E-state index contributed by atoms with van der Waals surface area (Å²) in [6, 6.07) is 20.2. The molecule has 9 heteroatoms. The quantitative estimate of drug-likeness (QED) is 0.468. The Kier molecular flexibility index (Phi) is 8.04. The number of amides is 1. The van der Waals surface area contributed by atoms with Crippen LogP contribution in [0.15, 0.2) is 77.7 Å². The molecule has 8 nitrogen and oxygen atoms in total. The van der Waals surface area contributed by atoms with Crippen LogP contribution in [0.5, 0.6) is 5.75 Å². The molecule has 0 fully saturated rings. The van der Waals surface area contributed by atoms with Gasteiger partial charge in [-0.25, -0.2) is 13.2 Å². The number of hydrogen-bond acceptors (Lipinski definition) is 6. The summed E-state index contributed by atoms with van der Waals surface area (Å²) >= 11 is 0. The van der Waals surface area contributed by atoms with Gasteiger partial charge in [-0.1, -0.05) is 48.0 Å². The van der Waals surface area contributed by atoms with Crippen molar-refractivity contribution in [3.05, 3.63) is 89.5 Å². The zero-order valence-corrected chi connectivity index (χ0v) is 20.0. The molecule has 0 bridgehead atoms. The Morgan fingerprint density at radius 1 is 0.971 bits per heavy atom. The van der Waals surface area contributed by atoms with E-state index in [0.717, 1.165) is 11.1 Å². The predicted octanol–water partition coefficient (Wildman–Crippen LogP) is 3.62. The standard InChI is InChI=1S/C25H26N2O6S/c1-18-9-12-21(13-10-18)26-24(28)17-33-25(29)20-11-14-22(32-3)23(15-20)34(30,31)27(2)16-19-7-5-4-6-8-19/h4-15H,16-17H2,1-3H3,(H,26,28). The lowest BCUT2D eigenvalue weighted by Gasteiger charge is -2.19. The molecule has 0 aliphatic rings. The van der Waals surface area contributed by atoms with Gasteiger partial charge in [0.25, 0.3) is 5.91 Å². The minimum atomic E-state index is -3.99. The highest BCUT2D eigenvalue weighted by molar-refractivity contribution is 7.89. The molecular weight excluding hydrogens is 456 g/mol. The molecule has 0 heterocycles. The van der Waals surface area contributed by atoms with E-state index in [1.165, 1.54) is 36.7 Å². The van der Waals surface area contributed by atoms with Crippen LogP contribution in [0, 0.1) is 6.92 Å². The van der Waals surface area contributed by atoms with Crippen molar-refractivity contribution in [1.29, 1.82) is 0 Å². The summed E-state index contributed by atoms with van der Waals surface area (Å²) in [6.07, 6.45) is 0. The molecule has 3 rings (SSSR count). The number of aryl methyl sites for hydroxylation is 1. The van der Waals surface area contributed by atoms with E-state index in [4.69, 9.17) is 9.47 Å². The summed E-state index contributed by atoms with van der Waals surface area (Å²) < 4.78 is 37.9. The van der Waals surface area contributed by atoms with Crippen molar-refractivity contribution in [3.8, 4) is 5.75 Å². The highest BCUT2D eigenvalue weighted by Gasteiger charge is 2.27. The van der Waals surface area contributed by atoms with E-state index in [1.807, 2.05) is 49.4 Å². The van der Waals surface area contributed by atoms with Crippen molar-refractivity contribution in [1.82, 2.24) is 4.31 Å². The van der Waals surface area contributed by atoms with E-state index in [1.54, 1.807) is 12.1 Å². The number of esters is 1. The number of methoxy groups -OCH3 is 1. The molecule has 0 aromatic heterocycles. The second kappa shape index (κ2) is 11.0. The summed E-state index contributed by atoms with van der Waals surface area (Å²) in [7, 11) is -1.20. The van der Waals surface area contributed by atoms with Crippen LogP contribution in [0.25, 0.3) is 0 Å². The first-order valence-electron chi connectivity index (χ1n) is 10.4. The molecule has 1 N–H and O–H groups in total. The van der Waals surface area contributed by atoms with E-state index in [2.05, 4.69) is 5.32 Å². The molecule has 0 radical (unpaired) electrons. The first kappa shape index (κ1) is 24.9. The summed E-state index contributed by atoms with van der Waals surface area (Å²) in [4.78, 5) is 24.5. The number of carbonyl (C=O) groups is 2. The molecule has 0 spiro atoms. The molecule has 178 valence electrons. The van der Waals surface area contributed by atoms with Gasteiger partial charge in [-0.05, 0) is 42.8 Å². The van der Waals surface area contributed by atoms with Gasteiger partial charge in [0.05, 0.1) is 12.7 Å². The number of rotatable bonds is 9. The molecular formula is C25H26N2O6S. The fourth-order valence-corrected chi connectivity index (χ4v) is 4.48. The number of nitrogens with one attached hydrogen (secondary N) is 1. The topological polar surface area (TPSA) is 102 Å². The maximum Gasteiger partial charge on any atom is 0.338 e. The minimum absolute atomic E-state index is 0.0179. The summed E-state index contributed by atoms with van der Waals surface area (Å²) in [5, 5.41) is 2.63. The molecule has 0 aliphatic carbocycles. The number of carbonyl (C=O) groups excluding carboxylic acids is 2. The van der Waals surface area contributed by atoms with E-state index in [-0.39, 0.29) is 22.8 Å². The van der Waals surface area contributed by atoms with Crippen LogP contribution in [0.4, 0.5) is 5.69 Å². The van der Waals surface area contributed by atoms with Crippen molar-refractivity contribution in [2.45, 2.75) is 18.4 Å². The zero-order chi connectivity index (χ0) is 24.7. The highest BCUT2D eigenvalue weighted by Crippen LogP contribution is 2.28. The van der Waals surface area contributed by atoms with Gasteiger partial charge in [-0.3, -0.25) is 4.79 Å². The molecule has 0 aliphatic heterocycles. The number of anilines is 1. The molecule has 34 heavy (non-hydrogen) atoms. The maximum absolute atomic E-state index is 13.2. The van der Waals surface area contributed by atoms with Crippen LogP contribution in [0.3, 0.4) is 0 Å². The van der Waals surface area contributed by atoms with Crippen LogP contribution in [-0.2, 0) is 26.1 Å². The Morgan fingerprint density at radius 3 is 2.29 bits per heavy atom. The highest BCUT2D eigenvalue weighted by atomic mass is 32.2. The Hall–Kier alpha value is -3.69. The number of benzene rings is 3. The van der Waals surface area contributed by atoms with Crippen LogP contribution >= 0.6 is 0 Å². The van der Waals surface area contributed by atoms with Gasteiger partial charge in [0.1, 0.15) is 10.6 Å².